The summed E-state index contributed by atoms with van der Waals surface area (Å²) in [6.45, 7) is 1.72. The number of benzene rings is 1. The number of rotatable bonds is 5. The number of carboxylic acid groups (broad SMARTS) is 1. The highest BCUT2D eigenvalue weighted by Gasteiger charge is 2.15. The Morgan fingerprint density at radius 3 is 2.75 bits per heavy atom. The molecule has 0 unspecified atom stereocenters. The lowest BCUT2D eigenvalue weighted by molar-refractivity contribution is -0.136. The molecule has 0 spiro atoms. The van der Waals surface area contributed by atoms with E-state index >= 15 is 0 Å². The highest BCUT2D eigenvalue weighted by Crippen LogP contribution is 2.18. The van der Waals surface area contributed by atoms with Gasteiger partial charge in [0.1, 0.15) is 0 Å². The largest absolute Gasteiger partial charge is 0.481 e. The van der Waals surface area contributed by atoms with E-state index < -0.39 is 11.9 Å². The number of aryl methyl sites for hydroxylation is 2. The topological polar surface area (TPSA) is 92.4 Å². The summed E-state index contributed by atoms with van der Waals surface area (Å²) in [6, 6.07) is 7.08. The molecule has 0 saturated carbocycles. The third-order valence-corrected chi connectivity index (χ3v) is 2.83. The molecule has 104 valence electrons. The number of amides is 1. The van der Waals surface area contributed by atoms with E-state index in [0.29, 0.717) is 17.7 Å². The lowest BCUT2D eigenvalue weighted by Crippen LogP contribution is -2.14. The Hall–Kier alpha value is -2.63. The van der Waals surface area contributed by atoms with Crippen molar-refractivity contribution in [1.82, 2.24) is 5.16 Å². The standard InChI is InChI=1S/C14H14N2O4/c1-9-8-15-20-13(9)14(19)16-11-5-3-2-4-10(11)6-7-12(17)18/h2-5,8H,6-7H2,1H3,(H,16,19)(H,17,18). The summed E-state index contributed by atoms with van der Waals surface area (Å²) >= 11 is 0. The molecule has 0 aliphatic heterocycles. The zero-order valence-corrected chi connectivity index (χ0v) is 10.9. The van der Waals surface area contributed by atoms with Crippen LogP contribution in [0.4, 0.5) is 5.69 Å². The fourth-order valence-corrected chi connectivity index (χ4v) is 1.79. The number of hydrogen-bond acceptors (Lipinski definition) is 4. The average Bonchev–Trinajstić information content (AvgIpc) is 2.84. The van der Waals surface area contributed by atoms with E-state index in [-0.39, 0.29) is 12.2 Å². The Bertz CT molecular complexity index is 634. The number of nitrogens with zero attached hydrogens (tertiary/aromatic N) is 1. The Balaban J connectivity index is 2.15. The second-order valence-electron chi connectivity index (χ2n) is 4.34. The number of nitrogens with one attached hydrogen (secondary N) is 1. The Morgan fingerprint density at radius 1 is 1.35 bits per heavy atom. The molecule has 0 radical (unpaired) electrons. The van der Waals surface area contributed by atoms with Crippen LogP contribution in [0.2, 0.25) is 0 Å². The molecule has 1 amide bonds. The van der Waals surface area contributed by atoms with Crippen molar-refractivity contribution in [3.63, 3.8) is 0 Å². The van der Waals surface area contributed by atoms with Crippen molar-refractivity contribution in [3.8, 4) is 0 Å². The molecule has 6 nitrogen and oxygen atoms in total. The van der Waals surface area contributed by atoms with Crippen molar-refractivity contribution >= 4 is 17.6 Å². The predicted molar refractivity (Wildman–Crippen MR) is 71.6 cm³/mol. The maximum atomic E-state index is 12.0. The van der Waals surface area contributed by atoms with Crippen LogP contribution in [-0.4, -0.2) is 22.1 Å². The van der Waals surface area contributed by atoms with Crippen molar-refractivity contribution < 1.29 is 19.2 Å². The third kappa shape index (κ3) is 3.23. The van der Waals surface area contributed by atoms with Gasteiger partial charge in [0.05, 0.1) is 6.20 Å². The quantitative estimate of drug-likeness (QED) is 0.872. The molecule has 2 rings (SSSR count). The predicted octanol–water partition coefficient (Wildman–Crippen LogP) is 2.25. The van der Waals surface area contributed by atoms with E-state index in [9.17, 15) is 9.59 Å². The second-order valence-corrected chi connectivity index (χ2v) is 4.34. The van der Waals surface area contributed by atoms with Crippen molar-refractivity contribution in [2.75, 3.05) is 5.32 Å². The Kier molecular flexibility index (Phi) is 4.14. The molecule has 20 heavy (non-hydrogen) atoms. The fraction of sp³-hybridized carbons (Fsp3) is 0.214. The van der Waals surface area contributed by atoms with Crippen LogP contribution in [-0.2, 0) is 11.2 Å². The van der Waals surface area contributed by atoms with Crippen molar-refractivity contribution in [2.24, 2.45) is 0 Å². The fourth-order valence-electron chi connectivity index (χ4n) is 1.79. The zero-order chi connectivity index (χ0) is 14.5. The van der Waals surface area contributed by atoms with Crippen LogP contribution in [0.15, 0.2) is 35.0 Å². The normalized spacial score (nSPS) is 10.2. The van der Waals surface area contributed by atoms with Gasteiger partial charge in [-0.15, -0.1) is 0 Å². The summed E-state index contributed by atoms with van der Waals surface area (Å²) in [5.74, 6) is -1.13. The first-order valence-corrected chi connectivity index (χ1v) is 6.10. The van der Waals surface area contributed by atoms with E-state index in [1.54, 1.807) is 31.2 Å². The summed E-state index contributed by atoms with van der Waals surface area (Å²) in [4.78, 5) is 22.7. The molecule has 1 heterocycles. The highest BCUT2D eigenvalue weighted by molar-refractivity contribution is 6.03. The lowest BCUT2D eigenvalue weighted by Gasteiger charge is -2.09. The van der Waals surface area contributed by atoms with Gasteiger partial charge in [-0.05, 0) is 25.0 Å². The van der Waals surface area contributed by atoms with Gasteiger partial charge in [0.2, 0.25) is 5.76 Å². The first-order chi connectivity index (χ1) is 9.58. The van der Waals surface area contributed by atoms with Gasteiger partial charge < -0.3 is 14.9 Å². The lowest BCUT2D eigenvalue weighted by atomic mass is 10.1. The van der Waals surface area contributed by atoms with Gasteiger partial charge in [-0.3, -0.25) is 9.59 Å². The molecule has 1 aromatic heterocycles. The third-order valence-electron chi connectivity index (χ3n) is 2.83. The van der Waals surface area contributed by atoms with Crippen LogP contribution in [0.3, 0.4) is 0 Å². The highest BCUT2D eigenvalue weighted by atomic mass is 16.5. The first-order valence-electron chi connectivity index (χ1n) is 6.10. The van der Waals surface area contributed by atoms with Crippen LogP contribution in [0.25, 0.3) is 0 Å². The van der Waals surface area contributed by atoms with Crippen LogP contribution in [0.5, 0.6) is 0 Å². The molecule has 6 heteroatoms. The van der Waals surface area contributed by atoms with Gasteiger partial charge in [0.25, 0.3) is 5.91 Å². The molecule has 0 saturated heterocycles. The molecule has 1 aromatic carbocycles. The van der Waals surface area contributed by atoms with Gasteiger partial charge in [0.15, 0.2) is 0 Å². The van der Waals surface area contributed by atoms with Crippen LogP contribution in [0, 0.1) is 6.92 Å². The molecule has 0 bridgehead atoms. The first kappa shape index (κ1) is 13.8. The SMILES string of the molecule is Cc1cnoc1C(=O)Nc1ccccc1CCC(=O)O. The number of aliphatic carboxylic acids is 1. The number of carboxylic acids is 1. The second kappa shape index (κ2) is 6.01. The molecule has 2 aromatic rings. The van der Waals surface area contributed by atoms with Gasteiger partial charge in [-0.2, -0.15) is 0 Å². The van der Waals surface area contributed by atoms with E-state index in [1.165, 1.54) is 6.20 Å². The minimum atomic E-state index is -0.878. The van der Waals surface area contributed by atoms with Crippen molar-refractivity contribution in [3.05, 3.63) is 47.3 Å². The molecule has 0 aliphatic carbocycles. The van der Waals surface area contributed by atoms with Crippen LogP contribution < -0.4 is 5.32 Å². The smallest absolute Gasteiger partial charge is 0.303 e. The van der Waals surface area contributed by atoms with Crippen molar-refractivity contribution in [1.29, 1.82) is 0 Å². The maximum Gasteiger partial charge on any atom is 0.303 e. The van der Waals surface area contributed by atoms with E-state index in [1.807, 2.05) is 0 Å². The average molecular weight is 274 g/mol. The Morgan fingerprint density at radius 2 is 2.10 bits per heavy atom. The van der Waals surface area contributed by atoms with E-state index in [2.05, 4.69) is 10.5 Å². The van der Waals surface area contributed by atoms with Crippen molar-refractivity contribution in [2.45, 2.75) is 19.8 Å². The van der Waals surface area contributed by atoms with Crippen LogP contribution in [0.1, 0.15) is 28.1 Å². The van der Waals surface area contributed by atoms with Gasteiger partial charge >= 0.3 is 5.97 Å². The number of anilines is 1. The summed E-state index contributed by atoms with van der Waals surface area (Å²) in [6.07, 6.45) is 1.82. The van der Waals surface area contributed by atoms with Crippen LogP contribution >= 0.6 is 0 Å². The molecular weight excluding hydrogens is 260 g/mol. The minimum absolute atomic E-state index is 0.00815. The Labute approximate surface area is 115 Å². The van der Waals surface area contributed by atoms with Gasteiger partial charge in [-0.25, -0.2) is 0 Å². The van der Waals surface area contributed by atoms with Gasteiger partial charge in [0, 0.05) is 17.7 Å². The molecule has 0 aliphatic rings. The number of hydrogen-bond donors (Lipinski definition) is 2. The monoisotopic (exact) mass is 274 g/mol. The summed E-state index contributed by atoms with van der Waals surface area (Å²) in [7, 11) is 0. The molecular formula is C14H14N2O4. The maximum absolute atomic E-state index is 12.0. The van der Waals surface area contributed by atoms with E-state index in [4.69, 9.17) is 9.63 Å². The van der Waals surface area contributed by atoms with Gasteiger partial charge in [-0.1, -0.05) is 23.4 Å². The minimum Gasteiger partial charge on any atom is -0.481 e. The number of carbonyl (C=O) groups is 2. The summed E-state index contributed by atoms with van der Waals surface area (Å²) < 4.78 is 4.88. The molecule has 2 N–H and O–H groups in total. The van der Waals surface area contributed by atoms with E-state index in [0.717, 1.165) is 5.56 Å². The number of para-hydroxylation sites is 1. The summed E-state index contributed by atoms with van der Waals surface area (Å²) in [5.41, 5.74) is 1.99. The zero-order valence-electron chi connectivity index (χ0n) is 10.9. The molecule has 0 fully saturated rings. The summed E-state index contributed by atoms with van der Waals surface area (Å²) in [5, 5.41) is 15.0. The molecule has 0 atom stereocenters. The number of aromatic nitrogens is 1. The number of carbonyl (C=O) groups excluding carboxylic acids is 1.